The molecule has 1 aromatic carbocycles. The van der Waals surface area contributed by atoms with E-state index in [2.05, 4.69) is 5.32 Å². The third kappa shape index (κ3) is 3.33. The molecule has 6 heteroatoms. The fraction of sp³-hybridized carbons (Fsp3) is 0.333. The Balaban J connectivity index is 2.23. The first-order chi connectivity index (χ1) is 9.92. The number of esters is 1. The number of methoxy groups -OCH3 is 1. The first kappa shape index (κ1) is 15.3. The highest BCUT2D eigenvalue weighted by molar-refractivity contribution is 7.20. The summed E-state index contributed by atoms with van der Waals surface area (Å²) in [4.78, 5) is 24.5. The van der Waals surface area contributed by atoms with Crippen LogP contribution in [0.25, 0.3) is 10.1 Å². The van der Waals surface area contributed by atoms with Gasteiger partial charge in [-0.3, -0.25) is 4.79 Å². The fourth-order valence-corrected chi connectivity index (χ4v) is 2.96. The van der Waals surface area contributed by atoms with E-state index in [1.54, 1.807) is 12.1 Å². The Morgan fingerprint density at radius 2 is 2.00 bits per heavy atom. The van der Waals surface area contributed by atoms with Crippen molar-refractivity contribution in [2.24, 2.45) is 5.92 Å². The highest BCUT2D eigenvalue weighted by Crippen LogP contribution is 2.27. The minimum absolute atomic E-state index is 0.0496. The normalized spacial score (nSPS) is 12.4. The van der Waals surface area contributed by atoms with E-state index in [4.69, 9.17) is 10.5 Å². The molecule has 1 heterocycles. The molecule has 2 aromatic rings. The Hall–Kier alpha value is -2.08. The predicted octanol–water partition coefficient (Wildman–Crippen LogP) is 2.41. The Morgan fingerprint density at radius 1 is 1.29 bits per heavy atom. The van der Waals surface area contributed by atoms with E-state index in [-0.39, 0.29) is 11.8 Å². The summed E-state index contributed by atoms with van der Waals surface area (Å²) < 4.78 is 5.70. The number of thiophene rings is 1. The average Bonchev–Trinajstić information content (AvgIpc) is 2.86. The molecule has 1 atom stereocenters. The van der Waals surface area contributed by atoms with Crippen LogP contribution < -0.4 is 11.1 Å². The van der Waals surface area contributed by atoms with Crippen LogP contribution in [0.5, 0.6) is 0 Å². The van der Waals surface area contributed by atoms with Gasteiger partial charge >= 0.3 is 5.97 Å². The fourth-order valence-electron chi connectivity index (χ4n) is 2.01. The van der Waals surface area contributed by atoms with Crippen LogP contribution in [0, 0.1) is 5.92 Å². The number of fused-ring (bicyclic) bond motifs is 1. The molecule has 112 valence electrons. The van der Waals surface area contributed by atoms with Gasteiger partial charge in [0, 0.05) is 10.4 Å². The number of carbonyl (C=O) groups excluding carboxylic acids is 2. The molecular weight excluding hydrogens is 288 g/mol. The summed E-state index contributed by atoms with van der Waals surface area (Å²) in [5.74, 6) is -0.769. The topological polar surface area (TPSA) is 81.4 Å². The zero-order valence-electron chi connectivity index (χ0n) is 12.2. The minimum atomic E-state index is -0.655. The number of amides is 1. The Kier molecular flexibility index (Phi) is 4.47. The number of anilines is 1. The number of nitrogen functional groups attached to an aromatic ring is 1. The van der Waals surface area contributed by atoms with Gasteiger partial charge in [-0.2, -0.15) is 0 Å². The van der Waals surface area contributed by atoms with Gasteiger partial charge in [0.25, 0.3) is 5.91 Å². The molecule has 1 aromatic heterocycles. The molecule has 1 unspecified atom stereocenters. The standard InChI is InChI=1S/C15H18N2O3S/c1-8(2)13(15(19)20-3)17-14(18)12-7-9-6-10(16)4-5-11(9)21-12/h4-8,13H,16H2,1-3H3,(H,17,18). The van der Waals surface area contributed by atoms with E-state index < -0.39 is 12.0 Å². The number of rotatable bonds is 4. The molecule has 0 aliphatic carbocycles. The molecule has 0 aliphatic heterocycles. The predicted molar refractivity (Wildman–Crippen MR) is 84.3 cm³/mol. The molecule has 0 radical (unpaired) electrons. The summed E-state index contributed by atoms with van der Waals surface area (Å²) >= 11 is 1.37. The number of nitrogens with two attached hydrogens (primary N) is 1. The van der Waals surface area contributed by atoms with E-state index in [1.165, 1.54) is 18.4 Å². The Labute approximate surface area is 127 Å². The van der Waals surface area contributed by atoms with Crippen molar-refractivity contribution in [1.29, 1.82) is 0 Å². The lowest BCUT2D eigenvalue weighted by molar-refractivity contribution is -0.144. The summed E-state index contributed by atoms with van der Waals surface area (Å²) in [5.41, 5.74) is 6.38. The molecule has 1 amide bonds. The molecule has 3 N–H and O–H groups in total. The van der Waals surface area contributed by atoms with Crippen LogP contribution in [0.15, 0.2) is 24.3 Å². The van der Waals surface area contributed by atoms with Gasteiger partial charge in [-0.05, 0) is 35.6 Å². The highest BCUT2D eigenvalue weighted by Gasteiger charge is 2.26. The van der Waals surface area contributed by atoms with Crippen LogP contribution in [0.2, 0.25) is 0 Å². The second-order valence-electron chi connectivity index (χ2n) is 5.13. The van der Waals surface area contributed by atoms with Gasteiger partial charge in [0.2, 0.25) is 0 Å². The van der Waals surface area contributed by atoms with E-state index in [0.29, 0.717) is 10.6 Å². The van der Waals surface area contributed by atoms with Crippen molar-refractivity contribution < 1.29 is 14.3 Å². The number of hydrogen-bond acceptors (Lipinski definition) is 5. The quantitative estimate of drug-likeness (QED) is 0.671. The van der Waals surface area contributed by atoms with Crippen molar-refractivity contribution >= 4 is 39.0 Å². The zero-order chi connectivity index (χ0) is 15.6. The molecule has 0 fully saturated rings. The van der Waals surface area contributed by atoms with Crippen LogP contribution in [-0.4, -0.2) is 25.0 Å². The van der Waals surface area contributed by atoms with Crippen molar-refractivity contribution in [3.05, 3.63) is 29.1 Å². The largest absolute Gasteiger partial charge is 0.467 e. The molecule has 2 rings (SSSR count). The van der Waals surface area contributed by atoms with Crippen LogP contribution in [-0.2, 0) is 9.53 Å². The molecule has 0 saturated carbocycles. The van der Waals surface area contributed by atoms with Gasteiger partial charge in [-0.15, -0.1) is 11.3 Å². The van der Waals surface area contributed by atoms with Crippen molar-refractivity contribution in [2.45, 2.75) is 19.9 Å². The second-order valence-corrected chi connectivity index (χ2v) is 6.21. The number of benzene rings is 1. The van der Waals surface area contributed by atoms with Gasteiger partial charge in [0.1, 0.15) is 6.04 Å². The summed E-state index contributed by atoms with van der Waals surface area (Å²) in [6.45, 7) is 3.71. The molecule has 21 heavy (non-hydrogen) atoms. The SMILES string of the molecule is COC(=O)C(NC(=O)c1cc2cc(N)ccc2s1)C(C)C. The molecule has 0 spiro atoms. The number of hydrogen-bond donors (Lipinski definition) is 2. The highest BCUT2D eigenvalue weighted by atomic mass is 32.1. The lowest BCUT2D eigenvalue weighted by Crippen LogP contribution is -2.44. The van der Waals surface area contributed by atoms with Crippen LogP contribution in [0.1, 0.15) is 23.5 Å². The second kappa shape index (κ2) is 6.13. The van der Waals surface area contributed by atoms with Gasteiger partial charge in [0.05, 0.1) is 12.0 Å². The van der Waals surface area contributed by atoms with Crippen molar-refractivity contribution in [3.8, 4) is 0 Å². The summed E-state index contributed by atoms with van der Waals surface area (Å²) in [7, 11) is 1.31. The van der Waals surface area contributed by atoms with Gasteiger partial charge in [0.15, 0.2) is 0 Å². The summed E-state index contributed by atoms with van der Waals surface area (Å²) in [5, 5.41) is 3.65. The van der Waals surface area contributed by atoms with Gasteiger partial charge in [-0.25, -0.2) is 4.79 Å². The summed E-state index contributed by atoms with van der Waals surface area (Å²) in [6, 6.07) is 6.62. The molecule has 0 bridgehead atoms. The third-order valence-electron chi connectivity index (χ3n) is 3.17. The number of nitrogens with one attached hydrogen (secondary N) is 1. The van der Waals surface area contributed by atoms with Crippen LogP contribution in [0.3, 0.4) is 0 Å². The van der Waals surface area contributed by atoms with Crippen molar-refractivity contribution in [3.63, 3.8) is 0 Å². The lowest BCUT2D eigenvalue weighted by atomic mass is 10.0. The molecule has 0 aliphatic rings. The molecule has 0 saturated heterocycles. The molecular formula is C15H18N2O3S. The van der Waals surface area contributed by atoms with Gasteiger partial charge in [-0.1, -0.05) is 13.8 Å². The van der Waals surface area contributed by atoms with E-state index in [9.17, 15) is 9.59 Å². The first-order valence-corrected chi connectivity index (χ1v) is 7.41. The Morgan fingerprint density at radius 3 is 2.62 bits per heavy atom. The van der Waals surface area contributed by atoms with Crippen molar-refractivity contribution in [1.82, 2.24) is 5.32 Å². The van der Waals surface area contributed by atoms with Crippen LogP contribution >= 0.6 is 11.3 Å². The van der Waals surface area contributed by atoms with Crippen molar-refractivity contribution in [2.75, 3.05) is 12.8 Å². The first-order valence-electron chi connectivity index (χ1n) is 6.60. The average molecular weight is 306 g/mol. The third-order valence-corrected chi connectivity index (χ3v) is 4.29. The minimum Gasteiger partial charge on any atom is -0.467 e. The molecule has 5 nitrogen and oxygen atoms in total. The van der Waals surface area contributed by atoms with E-state index in [0.717, 1.165) is 10.1 Å². The lowest BCUT2D eigenvalue weighted by Gasteiger charge is -2.19. The number of ether oxygens (including phenoxy) is 1. The van der Waals surface area contributed by atoms with Gasteiger partial charge < -0.3 is 15.8 Å². The Bertz CT molecular complexity index is 679. The maximum Gasteiger partial charge on any atom is 0.328 e. The monoisotopic (exact) mass is 306 g/mol. The summed E-state index contributed by atoms with van der Waals surface area (Å²) in [6.07, 6.45) is 0. The smallest absolute Gasteiger partial charge is 0.328 e. The zero-order valence-corrected chi connectivity index (χ0v) is 13.0. The maximum atomic E-state index is 12.3. The van der Waals surface area contributed by atoms with Crippen LogP contribution in [0.4, 0.5) is 5.69 Å². The van der Waals surface area contributed by atoms with E-state index in [1.807, 2.05) is 26.0 Å². The number of carbonyl (C=O) groups is 2. The maximum absolute atomic E-state index is 12.3. The van der Waals surface area contributed by atoms with E-state index >= 15 is 0 Å².